The molecule has 0 aliphatic rings. The largest absolute Gasteiger partial charge is 0.350 e. The van der Waals surface area contributed by atoms with E-state index in [1.165, 1.54) is 11.1 Å². The highest BCUT2D eigenvalue weighted by molar-refractivity contribution is 5.83. The maximum Gasteiger partial charge on any atom is 0.332 e. The molecule has 0 aliphatic heterocycles. The molecule has 1 heterocycles. The van der Waals surface area contributed by atoms with Crippen molar-refractivity contribution in [2.75, 3.05) is 0 Å². The Morgan fingerprint density at radius 1 is 1.14 bits per heavy atom. The quantitative estimate of drug-likeness (QED) is 0.660. The minimum absolute atomic E-state index is 0.672. The van der Waals surface area contributed by atoms with Crippen LogP contribution in [0.5, 0.6) is 0 Å². The SMILES string of the molecule is Cc1cc(C)cc(-n2c(C)cc(/C=N\NC(N)=O)c2C)c1. The van der Waals surface area contributed by atoms with Crippen LogP contribution in [0.4, 0.5) is 4.79 Å². The number of hydrazone groups is 1. The summed E-state index contributed by atoms with van der Waals surface area (Å²) in [4.78, 5) is 10.6. The van der Waals surface area contributed by atoms with E-state index in [1.807, 2.05) is 19.9 Å². The van der Waals surface area contributed by atoms with E-state index in [9.17, 15) is 4.79 Å². The Bertz CT molecular complexity index is 693. The van der Waals surface area contributed by atoms with E-state index in [0.717, 1.165) is 22.6 Å². The molecule has 0 aliphatic carbocycles. The normalized spacial score (nSPS) is 11.0. The molecule has 110 valence electrons. The number of benzene rings is 1. The summed E-state index contributed by atoms with van der Waals surface area (Å²) >= 11 is 0. The van der Waals surface area contributed by atoms with Gasteiger partial charge in [0.05, 0.1) is 6.21 Å². The molecule has 0 saturated carbocycles. The molecule has 2 rings (SSSR count). The Hall–Kier alpha value is -2.56. The first-order chi connectivity index (χ1) is 9.88. The van der Waals surface area contributed by atoms with Gasteiger partial charge in [0.25, 0.3) is 0 Å². The second-order valence-corrected chi connectivity index (χ2v) is 5.24. The first-order valence-electron chi connectivity index (χ1n) is 6.74. The smallest absolute Gasteiger partial charge is 0.332 e. The van der Waals surface area contributed by atoms with Crippen LogP contribution in [0.1, 0.15) is 28.1 Å². The molecule has 5 nitrogen and oxygen atoms in total. The molecule has 0 unspecified atom stereocenters. The van der Waals surface area contributed by atoms with Crippen molar-refractivity contribution in [1.82, 2.24) is 9.99 Å². The molecule has 2 amide bonds. The number of carbonyl (C=O) groups excluding carboxylic acids is 1. The average molecular weight is 284 g/mol. The molecule has 1 aromatic heterocycles. The van der Waals surface area contributed by atoms with Crippen LogP contribution in [-0.2, 0) is 0 Å². The summed E-state index contributed by atoms with van der Waals surface area (Å²) in [5, 5.41) is 3.82. The number of nitrogens with two attached hydrogens (primary N) is 1. The van der Waals surface area contributed by atoms with Gasteiger partial charge in [-0.05, 0) is 57.0 Å². The first-order valence-corrected chi connectivity index (χ1v) is 6.74. The molecule has 21 heavy (non-hydrogen) atoms. The molecule has 1 aromatic carbocycles. The maximum atomic E-state index is 10.6. The van der Waals surface area contributed by atoms with Crippen molar-refractivity contribution < 1.29 is 4.79 Å². The summed E-state index contributed by atoms with van der Waals surface area (Å²) in [5.74, 6) is 0. The fourth-order valence-corrected chi connectivity index (χ4v) is 2.56. The van der Waals surface area contributed by atoms with Crippen molar-refractivity contribution in [2.45, 2.75) is 27.7 Å². The standard InChI is InChI=1S/C16H20N4O/c1-10-5-11(2)7-15(6-10)20-12(3)8-14(13(20)4)9-18-19-16(17)21/h5-9H,1-4H3,(H3,17,19,21)/b18-9-. The summed E-state index contributed by atoms with van der Waals surface area (Å²) < 4.78 is 2.17. The lowest BCUT2D eigenvalue weighted by atomic mass is 10.1. The number of primary amides is 1. The molecule has 5 heteroatoms. The molecular weight excluding hydrogens is 264 g/mol. The summed E-state index contributed by atoms with van der Waals surface area (Å²) in [6.45, 7) is 8.24. The van der Waals surface area contributed by atoms with Crippen LogP contribution in [0.2, 0.25) is 0 Å². The third-order valence-electron chi connectivity index (χ3n) is 3.31. The van der Waals surface area contributed by atoms with Crippen molar-refractivity contribution in [3.63, 3.8) is 0 Å². The second kappa shape index (κ2) is 5.83. The van der Waals surface area contributed by atoms with Crippen molar-refractivity contribution in [3.05, 3.63) is 52.3 Å². The molecule has 0 bridgehead atoms. The molecule has 3 N–H and O–H groups in total. The Kier molecular flexibility index (Phi) is 4.12. The number of urea groups is 1. The Morgan fingerprint density at radius 3 is 2.33 bits per heavy atom. The van der Waals surface area contributed by atoms with E-state index >= 15 is 0 Å². The lowest BCUT2D eigenvalue weighted by molar-refractivity contribution is 0.249. The second-order valence-electron chi connectivity index (χ2n) is 5.24. The van der Waals surface area contributed by atoms with Gasteiger partial charge in [-0.15, -0.1) is 0 Å². The fraction of sp³-hybridized carbons (Fsp3) is 0.250. The maximum absolute atomic E-state index is 10.6. The van der Waals surface area contributed by atoms with Gasteiger partial charge in [-0.1, -0.05) is 6.07 Å². The van der Waals surface area contributed by atoms with Crippen LogP contribution in [0.3, 0.4) is 0 Å². The number of amides is 2. The molecule has 0 atom stereocenters. The lowest BCUT2D eigenvalue weighted by Gasteiger charge is -2.11. The van der Waals surface area contributed by atoms with E-state index in [2.05, 4.69) is 47.1 Å². The van der Waals surface area contributed by atoms with E-state index in [1.54, 1.807) is 6.21 Å². The van der Waals surface area contributed by atoms with Crippen LogP contribution < -0.4 is 11.2 Å². The average Bonchev–Trinajstić information content (AvgIpc) is 2.62. The third-order valence-corrected chi connectivity index (χ3v) is 3.31. The van der Waals surface area contributed by atoms with Crippen molar-refractivity contribution >= 4 is 12.2 Å². The summed E-state index contributed by atoms with van der Waals surface area (Å²) in [6.07, 6.45) is 1.60. The molecule has 0 radical (unpaired) electrons. The van der Waals surface area contributed by atoms with Gasteiger partial charge < -0.3 is 10.3 Å². The number of nitrogens with zero attached hydrogens (tertiary/aromatic N) is 2. The molecule has 2 aromatic rings. The Labute approximate surface area is 124 Å². The number of aryl methyl sites for hydroxylation is 3. The number of rotatable bonds is 3. The molecular formula is C16H20N4O. The monoisotopic (exact) mass is 284 g/mol. The van der Waals surface area contributed by atoms with Gasteiger partial charge in [0.1, 0.15) is 0 Å². The number of hydrogen-bond acceptors (Lipinski definition) is 2. The Morgan fingerprint density at radius 2 is 1.76 bits per heavy atom. The number of aromatic nitrogens is 1. The van der Waals surface area contributed by atoms with Gasteiger partial charge in [-0.2, -0.15) is 5.10 Å². The van der Waals surface area contributed by atoms with Gasteiger partial charge in [-0.25, -0.2) is 10.2 Å². The van der Waals surface area contributed by atoms with Crippen LogP contribution in [-0.4, -0.2) is 16.8 Å². The first kappa shape index (κ1) is 14.8. The van der Waals surface area contributed by atoms with Crippen molar-refractivity contribution in [1.29, 1.82) is 0 Å². The number of carbonyl (C=O) groups is 1. The van der Waals surface area contributed by atoms with Crippen molar-refractivity contribution in [3.8, 4) is 5.69 Å². The highest BCUT2D eigenvalue weighted by atomic mass is 16.2. The van der Waals surface area contributed by atoms with Gasteiger partial charge in [0.2, 0.25) is 0 Å². The third kappa shape index (κ3) is 3.31. The van der Waals surface area contributed by atoms with Crippen molar-refractivity contribution in [2.24, 2.45) is 10.8 Å². The predicted molar refractivity (Wildman–Crippen MR) is 85.0 cm³/mol. The van der Waals surface area contributed by atoms with Crippen LogP contribution in [0.25, 0.3) is 5.69 Å². The van der Waals surface area contributed by atoms with Gasteiger partial charge in [0, 0.05) is 22.6 Å². The molecule has 0 spiro atoms. The van der Waals surface area contributed by atoms with E-state index in [0.29, 0.717) is 0 Å². The van der Waals surface area contributed by atoms with Gasteiger partial charge in [-0.3, -0.25) is 0 Å². The highest BCUT2D eigenvalue weighted by Gasteiger charge is 2.10. The highest BCUT2D eigenvalue weighted by Crippen LogP contribution is 2.21. The Balaban J connectivity index is 2.43. The van der Waals surface area contributed by atoms with E-state index in [4.69, 9.17) is 5.73 Å². The number of nitrogens with one attached hydrogen (secondary N) is 1. The minimum atomic E-state index is -0.672. The molecule has 0 saturated heterocycles. The predicted octanol–water partition coefficient (Wildman–Crippen LogP) is 2.71. The van der Waals surface area contributed by atoms with Crippen LogP contribution in [0, 0.1) is 27.7 Å². The topological polar surface area (TPSA) is 72.4 Å². The van der Waals surface area contributed by atoms with E-state index in [-0.39, 0.29) is 0 Å². The van der Waals surface area contributed by atoms with E-state index < -0.39 is 6.03 Å². The minimum Gasteiger partial charge on any atom is -0.350 e. The summed E-state index contributed by atoms with van der Waals surface area (Å²) in [6, 6.07) is 7.80. The zero-order valence-electron chi connectivity index (χ0n) is 12.8. The summed E-state index contributed by atoms with van der Waals surface area (Å²) in [5.41, 5.74) is 13.9. The zero-order valence-corrected chi connectivity index (χ0v) is 12.8. The van der Waals surface area contributed by atoms with Gasteiger partial charge >= 0.3 is 6.03 Å². The van der Waals surface area contributed by atoms with Crippen LogP contribution in [0.15, 0.2) is 29.4 Å². The number of hydrogen-bond donors (Lipinski definition) is 2. The lowest BCUT2D eigenvalue weighted by Crippen LogP contribution is -2.24. The molecule has 0 fully saturated rings. The summed E-state index contributed by atoms with van der Waals surface area (Å²) in [7, 11) is 0. The fourth-order valence-electron chi connectivity index (χ4n) is 2.56. The zero-order chi connectivity index (χ0) is 15.6. The van der Waals surface area contributed by atoms with Crippen LogP contribution >= 0.6 is 0 Å². The van der Waals surface area contributed by atoms with Gasteiger partial charge in [0.15, 0.2) is 0 Å².